The van der Waals surface area contributed by atoms with Crippen LogP contribution in [0.2, 0.25) is 0 Å². The molecule has 0 atom stereocenters. The second-order valence-corrected chi connectivity index (χ2v) is 5.51. The molecule has 3 aromatic carbocycles. The smallest absolute Gasteiger partial charge is 0.120 e. The van der Waals surface area contributed by atoms with E-state index in [9.17, 15) is 0 Å². The van der Waals surface area contributed by atoms with Gasteiger partial charge in [0.1, 0.15) is 12.4 Å². The molecule has 2 nitrogen and oxygen atoms in total. The van der Waals surface area contributed by atoms with Crippen molar-refractivity contribution in [1.82, 2.24) is 5.32 Å². The molecule has 1 N–H and O–H groups in total. The van der Waals surface area contributed by atoms with Crippen molar-refractivity contribution in [2.24, 2.45) is 0 Å². The topological polar surface area (TPSA) is 21.3 Å². The van der Waals surface area contributed by atoms with Gasteiger partial charge in [-0.05, 0) is 28.8 Å². The maximum atomic E-state index is 5.87. The first kappa shape index (κ1) is 18.1. The van der Waals surface area contributed by atoms with Crippen LogP contribution in [-0.2, 0) is 19.7 Å². The van der Waals surface area contributed by atoms with Crippen LogP contribution in [0.1, 0.15) is 16.7 Å². The second-order valence-electron chi connectivity index (χ2n) is 5.51. The molecule has 3 heteroatoms. The summed E-state index contributed by atoms with van der Waals surface area (Å²) in [6.07, 6.45) is 0. The number of halogens is 1. The first-order chi connectivity index (χ1) is 11.4. The number of ether oxygens (including phenoxy) is 1. The quantitative estimate of drug-likeness (QED) is 0.655. The van der Waals surface area contributed by atoms with E-state index in [1.54, 1.807) is 0 Å². The molecule has 24 heavy (non-hydrogen) atoms. The van der Waals surface area contributed by atoms with Crippen LogP contribution in [0, 0.1) is 0 Å². The molecule has 124 valence electrons. The van der Waals surface area contributed by atoms with Gasteiger partial charge in [-0.3, -0.25) is 0 Å². The molecule has 0 saturated heterocycles. The summed E-state index contributed by atoms with van der Waals surface area (Å²) in [5.41, 5.74) is 3.70. The van der Waals surface area contributed by atoms with Crippen LogP contribution in [-0.4, -0.2) is 0 Å². The van der Waals surface area contributed by atoms with Gasteiger partial charge in [0.05, 0.1) is 0 Å². The van der Waals surface area contributed by atoms with Crippen LogP contribution < -0.4 is 10.1 Å². The number of benzene rings is 3. The van der Waals surface area contributed by atoms with Crippen molar-refractivity contribution in [3.05, 3.63) is 102 Å². The predicted molar refractivity (Wildman–Crippen MR) is 101 cm³/mol. The van der Waals surface area contributed by atoms with Crippen molar-refractivity contribution in [2.75, 3.05) is 0 Å². The van der Waals surface area contributed by atoms with E-state index in [2.05, 4.69) is 53.8 Å². The largest absolute Gasteiger partial charge is 0.489 e. The summed E-state index contributed by atoms with van der Waals surface area (Å²) < 4.78 is 5.87. The van der Waals surface area contributed by atoms with E-state index in [1.807, 2.05) is 36.4 Å². The number of hydrogen-bond donors (Lipinski definition) is 1. The molecule has 0 unspecified atom stereocenters. The maximum Gasteiger partial charge on any atom is 0.120 e. The molecule has 0 radical (unpaired) electrons. The molecule has 0 saturated carbocycles. The monoisotopic (exact) mass is 339 g/mol. The van der Waals surface area contributed by atoms with E-state index in [1.165, 1.54) is 16.7 Å². The lowest BCUT2D eigenvalue weighted by atomic mass is 10.2. The number of nitrogens with one attached hydrogen (secondary N) is 1. The highest BCUT2D eigenvalue weighted by Gasteiger charge is 1.99. The Kier molecular flexibility index (Phi) is 7.34. The Balaban J connectivity index is 0.00000208. The average molecular weight is 340 g/mol. The minimum Gasteiger partial charge on any atom is -0.489 e. The minimum atomic E-state index is 0. The van der Waals surface area contributed by atoms with E-state index in [0.29, 0.717) is 6.61 Å². The molecule has 3 rings (SSSR count). The molecule has 0 fully saturated rings. The fraction of sp³-hybridized carbons (Fsp3) is 0.143. The molecule has 0 aliphatic carbocycles. The maximum absolute atomic E-state index is 5.87. The molecular formula is C21H22ClNO. The summed E-state index contributed by atoms with van der Waals surface area (Å²) in [5.74, 6) is 0.910. The number of hydrogen-bond acceptors (Lipinski definition) is 2. The molecule has 0 aliphatic rings. The molecule has 0 amide bonds. The lowest BCUT2D eigenvalue weighted by Gasteiger charge is -2.09. The van der Waals surface area contributed by atoms with E-state index < -0.39 is 0 Å². The van der Waals surface area contributed by atoms with Crippen LogP contribution in [0.4, 0.5) is 0 Å². The Bertz CT molecular complexity index is 716. The third kappa shape index (κ3) is 5.73. The lowest BCUT2D eigenvalue weighted by molar-refractivity contribution is 0.306. The van der Waals surface area contributed by atoms with Crippen LogP contribution >= 0.6 is 12.4 Å². The fourth-order valence-electron chi connectivity index (χ4n) is 2.43. The molecule has 0 aromatic heterocycles. The fourth-order valence-corrected chi connectivity index (χ4v) is 2.43. The highest BCUT2D eigenvalue weighted by Crippen LogP contribution is 2.15. The summed E-state index contributed by atoms with van der Waals surface area (Å²) in [6.45, 7) is 2.30. The van der Waals surface area contributed by atoms with E-state index in [4.69, 9.17) is 4.74 Å². The zero-order chi connectivity index (χ0) is 15.7. The lowest BCUT2D eigenvalue weighted by Crippen LogP contribution is -2.12. The SMILES string of the molecule is Cl.c1ccc(CNCc2cccc(OCc3ccccc3)c2)cc1. The molecule has 0 heterocycles. The Hall–Kier alpha value is -2.29. The van der Waals surface area contributed by atoms with Gasteiger partial charge in [0, 0.05) is 13.1 Å². The van der Waals surface area contributed by atoms with Gasteiger partial charge in [0.15, 0.2) is 0 Å². The summed E-state index contributed by atoms with van der Waals surface area (Å²) in [6, 6.07) is 28.9. The van der Waals surface area contributed by atoms with Gasteiger partial charge >= 0.3 is 0 Å². The number of rotatable bonds is 7. The summed E-state index contributed by atoms with van der Waals surface area (Å²) in [4.78, 5) is 0. The van der Waals surface area contributed by atoms with Gasteiger partial charge in [0.25, 0.3) is 0 Å². The van der Waals surface area contributed by atoms with Crippen molar-refractivity contribution < 1.29 is 4.74 Å². The first-order valence-electron chi connectivity index (χ1n) is 7.90. The zero-order valence-corrected chi connectivity index (χ0v) is 14.3. The van der Waals surface area contributed by atoms with Gasteiger partial charge in [0.2, 0.25) is 0 Å². The average Bonchev–Trinajstić information content (AvgIpc) is 2.62. The van der Waals surface area contributed by atoms with E-state index in [-0.39, 0.29) is 12.4 Å². The van der Waals surface area contributed by atoms with Crippen LogP contribution in [0.15, 0.2) is 84.9 Å². The van der Waals surface area contributed by atoms with Gasteiger partial charge in [-0.25, -0.2) is 0 Å². The van der Waals surface area contributed by atoms with Crippen molar-refractivity contribution in [3.63, 3.8) is 0 Å². The van der Waals surface area contributed by atoms with Crippen molar-refractivity contribution in [1.29, 1.82) is 0 Å². The van der Waals surface area contributed by atoms with Crippen molar-refractivity contribution >= 4 is 12.4 Å². The third-order valence-electron chi connectivity index (χ3n) is 3.65. The van der Waals surface area contributed by atoms with E-state index >= 15 is 0 Å². The minimum absolute atomic E-state index is 0. The molecular weight excluding hydrogens is 318 g/mol. The molecule has 0 bridgehead atoms. The van der Waals surface area contributed by atoms with Crippen LogP contribution in [0.3, 0.4) is 0 Å². The highest BCUT2D eigenvalue weighted by atomic mass is 35.5. The molecule has 0 aliphatic heterocycles. The standard InChI is InChI=1S/C21H21NO.ClH/c1-3-8-18(9-4-1)15-22-16-20-12-7-13-21(14-20)23-17-19-10-5-2-6-11-19;/h1-14,22H,15-17H2;1H. The van der Waals surface area contributed by atoms with Gasteiger partial charge in [-0.2, -0.15) is 0 Å². The summed E-state index contributed by atoms with van der Waals surface area (Å²) in [7, 11) is 0. The van der Waals surface area contributed by atoms with Gasteiger partial charge < -0.3 is 10.1 Å². The molecule has 3 aromatic rings. The third-order valence-corrected chi connectivity index (χ3v) is 3.65. The normalized spacial score (nSPS) is 10.0. The van der Waals surface area contributed by atoms with Crippen molar-refractivity contribution in [2.45, 2.75) is 19.7 Å². The Morgan fingerprint density at radius 3 is 1.92 bits per heavy atom. The second kappa shape index (κ2) is 9.76. The van der Waals surface area contributed by atoms with Gasteiger partial charge in [-0.15, -0.1) is 12.4 Å². The summed E-state index contributed by atoms with van der Waals surface area (Å²) in [5, 5.41) is 3.46. The van der Waals surface area contributed by atoms with Crippen LogP contribution in [0.25, 0.3) is 0 Å². The summed E-state index contributed by atoms with van der Waals surface area (Å²) >= 11 is 0. The van der Waals surface area contributed by atoms with Crippen LogP contribution in [0.5, 0.6) is 5.75 Å². The first-order valence-corrected chi connectivity index (χ1v) is 7.90. The van der Waals surface area contributed by atoms with E-state index in [0.717, 1.165) is 18.8 Å². The Morgan fingerprint density at radius 2 is 1.21 bits per heavy atom. The Labute approximate surface area is 149 Å². The predicted octanol–water partition coefficient (Wildman–Crippen LogP) is 4.98. The zero-order valence-electron chi connectivity index (χ0n) is 13.5. The van der Waals surface area contributed by atoms with Gasteiger partial charge in [-0.1, -0.05) is 72.8 Å². The highest BCUT2D eigenvalue weighted by molar-refractivity contribution is 5.85. The Morgan fingerprint density at radius 1 is 0.625 bits per heavy atom. The van der Waals surface area contributed by atoms with Crippen molar-refractivity contribution in [3.8, 4) is 5.75 Å². The molecule has 0 spiro atoms.